The van der Waals surface area contributed by atoms with Gasteiger partial charge in [-0.15, -0.1) is 0 Å². The number of aryl methyl sites for hydroxylation is 3. The van der Waals surface area contributed by atoms with E-state index in [4.69, 9.17) is 0 Å². The molecule has 0 N–H and O–H groups in total. The van der Waals surface area contributed by atoms with Crippen molar-refractivity contribution >= 4 is 74.3 Å². The minimum Gasteiger partial charge on any atom is -0.311 e. The monoisotopic (exact) mass is 854 g/mol. The van der Waals surface area contributed by atoms with E-state index in [1.165, 1.54) is 83.9 Å². The minimum atomic E-state index is -0.0220. The van der Waals surface area contributed by atoms with Gasteiger partial charge in [-0.3, -0.25) is 0 Å². The summed E-state index contributed by atoms with van der Waals surface area (Å²) in [6.45, 7) is 27.7. The number of benzene rings is 7. The van der Waals surface area contributed by atoms with E-state index in [9.17, 15) is 0 Å². The van der Waals surface area contributed by atoms with E-state index in [-0.39, 0.29) is 23.0 Å². The molecule has 330 valence electrons. The highest BCUT2D eigenvalue weighted by molar-refractivity contribution is 7.00. The zero-order valence-electron chi connectivity index (χ0n) is 41.1. The van der Waals surface area contributed by atoms with Crippen LogP contribution in [0.3, 0.4) is 0 Å². The molecule has 2 aliphatic heterocycles. The molecule has 0 radical (unpaired) electrons. The lowest BCUT2D eigenvalue weighted by molar-refractivity contribution is 0.439. The largest absolute Gasteiger partial charge is 0.311 e. The second-order valence-electron chi connectivity index (χ2n) is 20.7. The van der Waals surface area contributed by atoms with Gasteiger partial charge in [0.1, 0.15) is 0 Å². The fourth-order valence-corrected chi connectivity index (χ4v) is 10.5. The standard InChI is InChI=1S/C61H68BN3/c1-13-60(11,14-2)44-21-30-49(31-22-44)64-54-36-25-46(59(8,9)10)39-53(54)62-52-35-34-51(63(47-26-17-41(5)18-27-47)48-28-19-42(6)20-29-48)40-55(52)65(57-38-43(7)37-56(64)58(57)62)50-32-23-45(24-33-50)61(12,15-3)16-4/h17-40H,13-16H2,1-12H3. The van der Waals surface area contributed by atoms with E-state index in [1.54, 1.807) is 0 Å². The smallest absolute Gasteiger partial charge is 0.252 e. The second kappa shape index (κ2) is 16.8. The quantitative estimate of drug-likeness (QED) is 0.120. The van der Waals surface area contributed by atoms with Crippen molar-refractivity contribution in [2.75, 3.05) is 14.7 Å². The molecule has 0 atom stereocenters. The number of hydrogen-bond donors (Lipinski definition) is 0. The first-order chi connectivity index (χ1) is 31.1. The number of hydrogen-bond acceptors (Lipinski definition) is 3. The molecular formula is C61H68BN3. The van der Waals surface area contributed by atoms with Crippen molar-refractivity contribution in [1.29, 1.82) is 0 Å². The highest BCUT2D eigenvalue weighted by Crippen LogP contribution is 2.48. The molecule has 4 heteroatoms. The Bertz CT molecular complexity index is 2790. The van der Waals surface area contributed by atoms with Gasteiger partial charge < -0.3 is 14.7 Å². The summed E-state index contributed by atoms with van der Waals surface area (Å²) in [6, 6.07) is 56.5. The Morgan fingerprint density at radius 2 is 0.831 bits per heavy atom. The first-order valence-electron chi connectivity index (χ1n) is 24.3. The molecule has 9 rings (SSSR count). The highest BCUT2D eigenvalue weighted by atomic mass is 15.2. The predicted octanol–water partition coefficient (Wildman–Crippen LogP) is 15.6. The van der Waals surface area contributed by atoms with Crippen molar-refractivity contribution in [2.24, 2.45) is 0 Å². The molecule has 2 heterocycles. The molecule has 7 aromatic carbocycles. The molecule has 0 saturated heterocycles. The lowest BCUT2D eigenvalue weighted by Crippen LogP contribution is -2.61. The zero-order valence-corrected chi connectivity index (χ0v) is 41.1. The van der Waals surface area contributed by atoms with Gasteiger partial charge in [0.15, 0.2) is 0 Å². The molecule has 0 amide bonds. The molecule has 0 aromatic heterocycles. The van der Waals surface area contributed by atoms with E-state index in [1.807, 2.05) is 0 Å². The van der Waals surface area contributed by atoms with Crippen LogP contribution in [-0.4, -0.2) is 6.71 Å². The van der Waals surface area contributed by atoms with Crippen molar-refractivity contribution in [3.8, 4) is 0 Å². The van der Waals surface area contributed by atoms with Gasteiger partial charge in [-0.2, -0.15) is 0 Å². The van der Waals surface area contributed by atoms with Gasteiger partial charge in [0, 0.05) is 51.2 Å². The highest BCUT2D eigenvalue weighted by Gasteiger charge is 2.44. The normalized spacial score (nSPS) is 13.4. The fourth-order valence-electron chi connectivity index (χ4n) is 10.5. The van der Waals surface area contributed by atoms with Gasteiger partial charge in [-0.1, -0.05) is 140 Å². The summed E-state index contributed by atoms with van der Waals surface area (Å²) in [7, 11) is 0. The average molecular weight is 854 g/mol. The van der Waals surface area contributed by atoms with E-state index in [2.05, 4.69) is 243 Å². The van der Waals surface area contributed by atoms with Crippen LogP contribution < -0.4 is 31.1 Å². The number of anilines is 9. The third kappa shape index (κ3) is 7.67. The first-order valence-corrected chi connectivity index (χ1v) is 24.3. The predicted molar refractivity (Wildman–Crippen MR) is 284 cm³/mol. The maximum absolute atomic E-state index is 2.58. The number of nitrogens with zero attached hydrogens (tertiary/aromatic N) is 3. The molecule has 0 aliphatic carbocycles. The van der Waals surface area contributed by atoms with Crippen molar-refractivity contribution in [3.05, 3.63) is 179 Å². The number of rotatable bonds is 11. The Labute approximate surface area is 391 Å². The van der Waals surface area contributed by atoms with Crippen LogP contribution in [0.15, 0.2) is 146 Å². The Hall–Kier alpha value is -6.00. The van der Waals surface area contributed by atoms with E-state index >= 15 is 0 Å². The van der Waals surface area contributed by atoms with Gasteiger partial charge in [0.05, 0.1) is 0 Å². The average Bonchev–Trinajstić information content (AvgIpc) is 3.31. The summed E-state index contributed by atoms with van der Waals surface area (Å²) in [5, 5.41) is 0. The Morgan fingerprint density at radius 1 is 0.400 bits per heavy atom. The fraction of sp³-hybridized carbons (Fsp3) is 0.311. The van der Waals surface area contributed by atoms with Crippen molar-refractivity contribution in [1.82, 2.24) is 0 Å². The van der Waals surface area contributed by atoms with Crippen molar-refractivity contribution in [3.63, 3.8) is 0 Å². The molecule has 0 saturated carbocycles. The summed E-state index contributed by atoms with van der Waals surface area (Å²) >= 11 is 0. The molecule has 65 heavy (non-hydrogen) atoms. The van der Waals surface area contributed by atoms with Crippen LogP contribution >= 0.6 is 0 Å². The summed E-state index contributed by atoms with van der Waals surface area (Å²) in [6.07, 6.45) is 4.42. The maximum atomic E-state index is 2.58. The molecule has 2 aliphatic rings. The minimum absolute atomic E-state index is 0.0205. The second-order valence-corrected chi connectivity index (χ2v) is 20.7. The summed E-state index contributed by atoms with van der Waals surface area (Å²) < 4.78 is 0. The molecular weight excluding hydrogens is 786 g/mol. The Balaban J connectivity index is 1.33. The lowest BCUT2D eigenvalue weighted by Gasteiger charge is -2.45. The van der Waals surface area contributed by atoms with Crippen LogP contribution in [-0.2, 0) is 16.2 Å². The van der Waals surface area contributed by atoms with Crippen molar-refractivity contribution < 1.29 is 0 Å². The van der Waals surface area contributed by atoms with Crippen LogP contribution in [0, 0.1) is 20.8 Å². The van der Waals surface area contributed by atoms with Crippen LogP contribution in [0.2, 0.25) is 0 Å². The molecule has 0 spiro atoms. The van der Waals surface area contributed by atoms with Gasteiger partial charge in [-0.05, 0) is 180 Å². The lowest BCUT2D eigenvalue weighted by atomic mass is 9.33. The molecule has 0 bridgehead atoms. The van der Waals surface area contributed by atoms with Gasteiger partial charge in [-0.25, -0.2) is 0 Å². The van der Waals surface area contributed by atoms with Crippen LogP contribution in [0.1, 0.15) is 121 Å². The van der Waals surface area contributed by atoms with E-state index < -0.39 is 0 Å². The van der Waals surface area contributed by atoms with Crippen LogP contribution in [0.5, 0.6) is 0 Å². The van der Waals surface area contributed by atoms with E-state index in [0.29, 0.717) is 0 Å². The molecule has 0 fully saturated rings. The summed E-state index contributed by atoms with van der Waals surface area (Å²) in [5.74, 6) is 0. The molecule has 0 unspecified atom stereocenters. The van der Waals surface area contributed by atoms with Gasteiger partial charge >= 0.3 is 0 Å². The number of fused-ring (bicyclic) bond motifs is 4. The first kappa shape index (κ1) is 44.2. The summed E-state index contributed by atoms with van der Waals surface area (Å²) in [5.41, 5.74) is 22.9. The van der Waals surface area contributed by atoms with Crippen molar-refractivity contribution in [2.45, 2.75) is 125 Å². The molecule has 7 aromatic rings. The maximum Gasteiger partial charge on any atom is 0.252 e. The van der Waals surface area contributed by atoms with Crippen LogP contribution in [0.4, 0.5) is 51.2 Å². The zero-order chi connectivity index (χ0) is 46.0. The van der Waals surface area contributed by atoms with Crippen LogP contribution in [0.25, 0.3) is 0 Å². The third-order valence-electron chi connectivity index (χ3n) is 15.7. The molecule has 3 nitrogen and oxygen atoms in total. The Kier molecular flexibility index (Phi) is 11.4. The third-order valence-corrected chi connectivity index (χ3v) is 15.7. The van der Waals surface area contributed by atoms with Gasteiger partial charge in [0.2, 0.25) is 0 Å². The summed E-state index contributed by atoms with van der Waals surface area (Å²) in [4.78, 5) is 7.57. The Morgan fingerprint density at radius 3 is 1.28 bits per heavy atom. The topological polar surface area (TPSA) is 9.72 Å². The van der Waals surface area contributed by atoms with Gasteiger partial charge in [0.25, 0.3) is 6.71 Å². The SMILES string of the molecule is CCC(C)(CC)c1ccc(N2c3ccc(C(C)(C)C)cc3B3c4ccc(N(c5ccc(C)cc5)c5ccc(C)cc5)cc4N(c4ccc(C(C)(CC)CC)cc4)c4cc(C)cc2c43)cc1. The van der Waals surface area contributed by atoms with E-state index in [0.717, 1.165) is 42.7 Å².